The van der Waals surface area contributed by atoms with E-state index in [1.807, 2.05) is 54.6 Å². The molecule has 0 aliphatic heterocycles. The van der Waals surface area contributed by atoms with Gasteiger partial charge in [0.15, 0.2) is 0 Å². The molecule has 0 aliphatic rings. The highest BCUT2D eigenvalue weighted by molar-refractivity contribution is 5.84. The number of aliphatic carboxylic acids is 1. The summed E-state index contributed by atoms with van der Waals surface area (Å²) in [7, 11) is 0. The Hall–Kier alpha value is -2.09. The Kier molecular flexibility index (Phi) is 3.19. The van der Waals surface area contributed by atoms with E-state index in [9.17, 15) is 9.90 Å². The van der Waals surface area contributed by atoms with Gasteiger partial charge in [-0.05, 0) is 30.5 Å². The fourth-order valence-electron chi connectivity index (χ4n) is 2.01. The molecule has 0 spiro atoms. The van der Waals surface area contributed by atoms with Crippen LogP contribution in [0.4, 0.5) is 0 Å². The van der Waals surface area contributed by atoms with Gasteiger partial charge in [0, 0.05) is 0 Å². The molecular formula is C16H16O2. The van der Waals surface area contributed by atoms with Crippen molar-refractivity contribution in [1.29, 1.82) is 0 Å². The minimum absolute atomic E-state index is 0.814. The van der Waals surface area contributed by atoms with Crippen molar-refractivity contribution in [2.24, 2.45) is 0 Å². The van der Waals surface area contributed by atoms with E-state index in [0.29, 0.717) is 0 Å². The third kappa shape index (κ3) is 2.14. The quantitative estimate of drug-likeness (QED) is 0.887. The molecule has 92 valence electrons. The van der Waals surface area contributed by atoms with Crippen LogP contribution in [0.2, 0.25) is 0 Å². The van der Waals surface area contributed by atoms with Gasteiger partial charge in [-0.25, -0.2) is 0 Å². The maximum absolute atomic E-state index is 11.4. The molecule has 0 aromatic heterocycles. The van der Waals surface area contributed by atoms with Gasteiger partial charge in [0.05, 0.1) is 5.41 Å². The van der Waals surface area contributed by atoms with Gasteiger partial charge in [0.2, 0.25) is 0 Å². The molecule has 0 aliphatic carbocycles. The van der Waals surface area contributed by atoms with Crippen LogP contribution in [0.1, 0.15) is 19.4 Å². The van der Waals surface area contributed by atoms with Crippen molar-refractivity contribution in [1.82, 2.24) is 0 Å². The minimum atomic E-state index is -0.896. The Bertz CT molecular complexity index is 556. The zero-order valence-corrected chi connectivity index (χ0v) is 10.6. The van der Waals surface area contributed by atoms with Gasteiger partial charge in [-0.2, -0.15) is 0 Å². The van der Waals surface area contributed by atoms with Crippen molar-refractivity contribution in [2.45, 2.75) is 19.3 Å². The van der Waals surface area contributed by atoms with Crippen LogP contribution < -0.4 is 0 Å². The van der Waals surface area contributed by atoms with Crippen LogP contribution in [-0.4, -0.2) is 11.1 Å². The summed E-state index contributed by atoms with van der Waals surface area (Å²) in [6, 6.07) is 17.5. The van der Waals surface area contributed by atoms with E-state index >= 15 is 0 Å². The molecule has 0 fully saturated rings. The van der Waals surface area contributed by atoms with E-state index in [1.54, 1.807) is 13.8 Å². The lowest BCUT2D eigenvalue weighted by Crippen LogP contribution is -2.29. The second-order valence-corrected chi connectivity index (χ2v) is 4.84. The number of rotatable bonds is 3. The number of carbonyl (C=O) groups is 1. The van der Waals surface area contributed by atoms with Crippen molar-refractivity contribution < 1.29 is 9.90 Å². The normalized spacial score (nSPS) is 11.2. The van der Waals surface area contributed by atoms with E-state index in [0.717, 1.165) is 16.7 Å². The van der Waals surface area contributed by atoms with Gasteiger partial charge in [0.1, 0.15) is 0 Å². The molecule has 0 saturated carbocycles. The summed E-state index contributed by atoms with van der Waals surface area (Å²) in [6.45, 7) is 3.47. The first-order chi connectivity index (χ1) is 8.53. The van der Waals surface area contributed by atoms with Crippen LogP contribution in [0.3, 0.4) is 0 Å². The van der Waals surface area contributed by atoms with Crippen LogP contribution in [-0.2, 0) is 10.2 Å². The molecule has 2 nitrogen and oxygen atoms in total. The van der Waals surface area contributed by atoms with Crippen LogP contribution in [0, 0.1) is 0 Å². The SMILES string of the molecule is CC(C)(C(=O)O)c1ccccc1-c1ccccc1. The van der Waals surface area contributed by atoms with E-state index in [-0.39, 0.29) is 0 Å². The standard InChI is InChI=1S/C16H16O2/c1-16(2,15(17)18)14-11-7-6-10-13(14)12-8-4-3-5-9-12/h3-11H,1-2H3,(H,17,18). The molecule has 2 heteroatoms. The molecule has 0 radical (unpaired) electrons. The lowest BCUT2D eigenvalue weighted by Gasteiger charge is -2.23. The Labute approximate surface area is 107 Å². The van der Waals surface area contributed by atoms with E-state index in [1.165, 1.54) is 0 Å². The predicted molar refractivity (Wildman–Crippen MR) is 72.5 cm³/mol. The summed E-state index contributed by atoms with van der Waals surface area (Å²) in [5.41, 5.74) is 1.96. The topological polar surface area (TPSA) is 37.3 Å². The maximum Gasteiger partial charge on any atom is 0.313 e. The van der Waals surface area contributed by atoms with E-state index < -0.39 is 11.4 Å². The Morgan fingerprint density at radius 3 is 2.11 bits per heavy atom. The maximum atomic E-state index is 11.4. The van der Waals surface area contributed by atoms with Crippen LogP contribution >= 0.6 is 0 Å². The fraction of sp³-hybridized carbons (Fsp3) is 0.188. The predicted octanol–water partition coefficient (Wildman–Crippen LogP) is 3.72. The average Bonchev–Trinajstić information content (AvgIpc) is 2.39. The number of benzene rings is 2. The molecule has 0 saturated heterocycles. The highest BCUT2D eigenvalue weighted by atomic mass is 16.4. The molecular weight excluding hydrogens is 224 g/mol. The lowest BCUT2D eigenvalue weighted by molar-refractivity contribution is -0.142. The van der Waals surface area contributed by atoms with Crippen molar-refractivity contribution in [2.75, 3.05) is 0 Å². The number of carboxylic acids is 1. The molecule has 1 N–H and O–H groups in total. The van der Waals surface area contributed by atoms with Crippen molar-refractivity contribution in [3.05, 3.63) is 60.2 Å². The van der Waals surface area contributed by atoms with Crippen molar-refractivity contribution in [3.63, 3.8) is 0 Å². The Morgan fingerprint density at radius 2 is 1.50 bits per heavy atom. The van der Waals surface area contributed by atoms with Gasteiger partial charge in [-0.15, -0.1) is 0 Å². The smallest absolute Gasteiger partial charge is 0.313 e. The monoisotopic (exact) mass is 240 g/mol. The highest BCUT2D eigenvalue weighted by Gasteiger charge is 2.31. The Morgan fingerprint density at radius 1 is 0.944 bits per heavy atom. The lowest BCUT2D eigenvalue weighted by atomic mass is 9.80. The van der Waals surface area contributed by atoms with Gasteiger partial charge in [-0.1, -0.05) is 54.6 Å². The highest BCUT2D eigenvalue weighted by Crippen LogP contribution is 2.33. The van der Waals surface area contributed by atoms with Gasteiger partial charge >= 0.3 is 5.97 Å². The summed E-state index contributed by atoms with van der Waals surface area (Å²) >= 11 is 0. The zero-order valence-electron chi connectivity index (χ0n) is 10.6. The molecule has 2 aromatic carbocycles. The average molecular weight is 240 g/mol. The number of carboxylic acid groups (broad SMARTS) is 1. The second kappa shape index (κ2) is 4.65. The third-order valence-electron chi connectivity index (χ3n) is 3.22. The minimum Gasteiger partial charge on any atom is -0.481 e. The van der Waals surface area contributed by atoms with Gasteiger partial charge < -0.3 is 5.11 Å². The molecule has 0 atom stereocenters. The second-order valence-electron chi connectivity index (χ2n) is 4.84. The van der Waals surface area contributed by atoms with Crippen molar-refractivity contribution >= 4 is 5.97 Å². The Balaban J connectivity index is 2.61. The summed E-state index contributed by atoms with van der Waals surface area (Å²) in [4.78, 5) is 11.4. The third-order valence-corrected chi connectivity index (χ3v) is 3.22. The summed E-state index contributed by atoms with van der Waals surface area (Å²) in [5, 5.41) is 9.37. The molecule has 0 unspecified atom stereocenters. The first kappa shape index (κ1) is 12.4. The first-order valence-corrected chi connectivity index (χ1v) is 5.92. The fourth-order valence-corrected chi connectivity index (χ4v) is 2.01. The van der Waals surface area contributed by atoms with Crippen LogP contribution in [0.5, 0.6) is 0 Å². The summed E-state index contributed by atoms with van der Waals surface area (Å²) < 4.78 is 0. The summed E-state index contributed by atoms with van der Waals surface area (Å²) in [5.74, 6) is -0.814. The molecule has 0 amide bonds. The van der Waals surface area contributed by atoms with Crippen LogP contribution in [0.15, 0.2) is 54.6 Å². The first-order valence-electron chi connectivity index (χ1n) is 5.92. The van der Waals surface area contributed by atoms with Crippen LogP contribution in [0.25, 0.3) is 11.1 Å². The van der Waals surface area contributed by atoms with E-state index in [4.69, 9.17) is 0 Å². The van der Waals surface area contributed by atoms with E-state index in [2.05, 4.69) is 0 Å². The molecule has 0 heterocycles. The molecule has 2 rings (SSSR count). The molecule has 2 aromatic rings. The molecule has 0 bridgehead atoms. The molecule has 18 heavy (non-hydrogen) atoms. The number of hydrogen-bond acceptors (Lipinski definition) is 1. The van der Waals surface area contributed by atoms with Gasteiger partial charge in [-0.3, -0.25) is 4.79 Å². The number of hydrogen-bond donors (Lipinski definition) is 1. The van der Waals surface area contributed by atoms with Crippen molar-refractivity contribution in [3.8, 4) is 11.1 Å². The summed E-state index contributed by atoms with van der Waals surface area (Å²) in [6.07, 6.45) is 0. The van der Waals surface area contributed by atoms with Gasteiger partial charge in [0.25, 0.3) is 0 Å². The largest absolute Gasteiger partial charge is 0.481 e. The zero-order chi connectivity index (χ0) is 13.2.